The van der Waals surface area contributed by atoms with Crippen LogP contribution in [0, 0.1) is 0 Å². The summed E-state index contributed by atoms with van der Waals surface area (Å²) in [5.74, 6) is 0. The van der Waals surface area contributed by atoms with E-state index < -0.39 is 0 Å². The standard InChI is InChI=1S/C17H23ClN4/c1-13(2)22-9-7-14(20-22)12-21-10-8-19-11-17(21)15-5-3-4-6-16(15)18/h3-7,9,13,17,19H,8,10-12H2,1-2H3. The molecule has 1 aromatic heterocycles. The lowest BCUT2D eigenvalue weighted by Crippen LogP contribution is -2.45. The molecule has 3 rings (SSSR count). The molecule has 118 valence electrons. The number of aromatic nitrogens is 2. The molecule has 0 aliphatic carbocycles. The van der Waals surface area contributed by atoms with Gasteiger partial charge in [0.2, 0.25) is 0 Å². The fourth-order valence-electron chi connectivity index (χ4n) is 2.95. The largest absolute Gasteiger partial charge is 0.314 e. The van der Waals surface area contributed by atoms with Crippen LogP contribution < -0.4 is 5.32 Å². The first kappa shape index (κ1) is 15.5. The predicted molar refractivity (Wildman–Crippen MR) is 90.1 cm³/mol. The van der Waals surface area contributed by atoms with Gasteiger partial charge in [0.15, 0.2) is 0 Å². The third-order valence-corrected chi connectivity index (χ3v) is 4.52. The van der Waals surface area contributed by atoms with Gasteiger partial charge < -0.3 is 5.32 Å². The van der Waals surface area contributed by atoms with E-state index in [1.165, 1.54) is 5.56 Å². The number of hydrogen-bond acceptors (Lipinski definition) is 3. The molecular weight excluding hydrogens is 296 g/mol. The third-order valence-electron chi connectivity index (χ3n) is 4.18. The van der Waals surface area contributed by atoms with Crippen molar-refractivity contribution in [3.05, 3.63) is 52.8 Å². The summed E-state index contributed by atoms with van der Waals surface area (Å²) < 4.78 is 2.02. The van der Waals surface area contributed by atoms with Gasteiger partial charge in [-0.25, -0.2) is 0 Å². The highest BCUT2D eigenvalue weighted by Gasteiger charge is 2.25. The van der Waals surface area contributed by atoms with Gasteiger partial charge in [-0.1, -0.05) is 29.8 Å². The molecule has 2 heterocycles. The average molecular weight is 319 g/mol. The Labute approximate surface area is 137 Å². The highest BCUT2D eigenvalue weighted by atomic mass is 35.5. The van der Waals surface area contributed by atoms with Crippen molar-refractivity contribution in [3.63, 3.8) is 0 Å². The molecule has 2 aromatic rings. The molecule has 1 fully saturated rings. The van der Waals surface area contributed by atoms with Crippen molar-refractivity contribution in [1.29, 1.82) is 0 Å². The van der Waals surface area contributed by atoms with Crippen molar-refractivity contribution >= 4 is 11.6 Å². The highest BCUT2D eigenvalue weighted by Crippen LogP contribution is 2.29. The molecule has 0 saturated carbocycles. The van der Waals surface area contributed by atoms with Gasteiger partial charge in [-0.2, -0.15) is 5.10 Å². The Balaban J connectivity index is 1.79. The summed E-state index contributed by atoms with van der Waals surface area (Å²) in [6.45, 7) is 8.09. The summed E-state index contributed by atoms with van der Waals surface area (Å²) in [5, 5.41) is 8.99. The molecule has 1 aliphatic heterocycles. The molecule has 0 amide bonds. The minimum atomic E-state index is 0.298. The Morgan fingerprint density at radius 2 is 2.14 bits per heavy atom. The number of rotatable bonds is 4. The van der Waals surface area contributed by atoms with Crippen LogP contribution in [0.15, 0.2) is 36.5 Å². The lowest BCUT2D eigenvalue weighted by atomic mass is 10.0. The first-order chi connectivity index (χ1) is 10.6. The van der Waals surface area contributed by atoms with Crippen LogP contribution >= 0.6 is 11.6 Å². The van der Waals surface area contributed by atoms with E-state index in [-0.39, 0.29) is 0 Å². The van der Waals surface area contributed by atoms with Crippen molar-refractivity contribution in [3.8, 4) is 0 Å². The zero-order valence-corrected chi connectivity index (χ0v) is 13.9. The maximum atomic E-state index is 6.40. The van der Waals surface area contributed by atoms with Crippen LogP contribution in [0.25, 0.3) is 0 Å². The molecule has 22 heavy (non-hydrogen) atoms. The van der Waals surface area contributed by atoms with Crippen LogP contribution in [0.1, 0.15) is 37.2 Å². The Bertz CT molecular complexity index is 623. The molecule has 4 nitrogen and oxygen atoms in total. The normalized spacial score (nSPS) is 19.7. The number of nitrogens with zero attached hydrogens (tertiary/aromatic N) is 3. The van der Waals surface area contributed by atoms with Crippen LogP contribution in [0.5, 0.6) is 0 Å². The van der Waals surface area contributed by atoms with Gasteiger partial charge in [0.05, 0.1) is 5.69 Å². The van der Waals surface area contributed by atoms with Crippen LogP contribution in [-0.4, -0.2) is 34.3 Å². The summed E-state index contributed by atoms with van der Waals surface area (Å²) >= 11 is 6.40. The Hall–Kier alpha value is -1.36. The zero-order chi connectivity index (χ0) is 15.5. The summed E-state index contributed by atoms with van der Waals surface area (Å²) in [4.78, 5) is 2.46. The third kappa shape index (κ3) is 3.35. The Morgan fingerprint density at radius 1 is 1.32 bits per heavy atom. The quantitative estimate of drug-likeness (QED) is 0.939. The van der Waals surface area contributed by atoms with E-state index in [9.17, 15) is 0 Å². The van der Waals surface area contributed by atoms with E-state index in [0.29, 0.717) is 12.1 Å². The summed E-state index contributed by atoms with van der Waals surface area (Å²) in [6.07, 6.45) is 2.06. The summed E-state index contributed by atoms with van der Waals surface area (Å²) in [5.41, 5.74) is 2.31. The van der Waals surface area contributed by atoms with Crippen LogP contribution in [0.2, 0.25) is 5.02 Å². The van der Waals surface area contributed by atoms with Gasteiger partial charge in [0.25, 0.3) is 0 Å². The first-order valence-corrected chi connectivity index (χ1v) is 8.26. The molecular formula is C17H23ClN4. The van der Waals surface area contributed by atoms with Crippen molar-refractivity contribution in [2.75, 3.05) is 19.6 Å². The van der Waals surface area contributed by atoms with Gasteiger partial charge in [-0.05, 0) is 31.5 Å². The molecule has 0 bridgehead atoms. The maximum absolute atomic E-state index is 6.40. The van der Waals surface area contributed by atoms with Crippen LogP contribution in [-0.2, 0) is 6.54 Å². The SMILES string of the molecule is CC(C)n1ccc(CN2CCNCC2c2ccccc2Cl)n1. The number of halogens is 1. The van der Waals surface area contributed by atoms with Gasteiger partial charge in [-0.15, -0.1) is 0 Å². The van der Waals surface area contributed by atoms with Crippen LogP contribution in [0.3, 0.4) is 0 Å². The number of hydrogen-bond donors (Lipinski definition) is 1. The predicted octanol–water partition coefficient (Wildman–Crippen LogP) is 3.26. The molecule has 1 aromatic carbocycles. The number of benzene rings is 1. The molecule has 5 heteroatoms. The molecule has 1 saturated heterocycles. The second-order valence-corrected chi connectivity index (χ2v) is 6.50. The highest BCUT2D eigenvalue weighted by molar-refractivity contribution is 6.31. The van der Waals surface area contributed by atoms with Crippen molar-refractivity contribution < 1.29 is 0 Å². The van der Waals surface area contributed by atoms with Gasteiger partial charge in [0, 0.05) is 49.5 Å². The van der Waals surface area contributed by atoms with E-state index in [1.807, 2.05) is 16.8 Å². The van der Waals surface area contributed by atoms with E-state index in [1.54, 1.807) is 0 Å². The fraction of sp³-hybridized carbons (Fsp3) is 0.471. The van der Waals surface area contributed by atoms with E-state index in [4.69, 9.17) is 11.6 Å². The molecule has 1 atom stereocenters. The van der Waals surface area contributed by atoms with Gasteiger partial charge in [-0.3, -0.25) is 9.58 Å². The summed E-state index contributed by atoms with van der Waals surface area (Å²) in [7, 11) is 0. The minimum absolute atomic E-state index is 0.298. The molecule has 1 N–H and O–H groups in total. The number of nitrogens with one attached hydrogen (secondary N) is 1. The minimum Gasteiger partial charge on any atom is -0.314 e. The first-order valence-electron chi connectivity index (χ1n) is 7.88. The number of piperazine rings is 1. The van der Waals surface area contributed by atoms with E-state index >= 15 is 0 Å². The maximum Gasteiger partial charge on any atom is 0.0765 e. The zero-order valence-electron chi connectivity index (χ0n) is 13.2. The molecule has 0 spiro atoms. The smallest absolute Gasteiger partial charge is 0.0765 e. The summed E-state index contributed by atoms with van der Waals surface area (Å²) in [6, 6.07) is 10.9. The topological polar surface area (TPSA) is 33.1 Å². The monoisotopic (exact) mass is 318 g/mol. The Morgan fingerprint density at radius 3 is 2.86 bits per heavy atom. The van der Waals surface area contributed by atoms with Gasteiger partial charge >= 0.3 is 0 Å². The Kier molecular flexibility index (Phi) is 4.81. The second kappa shape index (κ2) is 6.82. The van der Waals surface area contributed by atoms with E-state index in [0.717, 1.165) is 36.9 Å². The second-order valence-electron chi connectivity index (χ2n) is 6.09. The van der Waals surface area contributed by atoms with E-state index in [2.05, 4.69) is 53.6 Å². The molecule has 1 unspecified atom stereocenters. The van der Waals surface area contributed by atoms with Gasteiger partial charge in [0.1, 0.15) is 0 Å². The lowest BCUT2D eigenvalue weighted by molar-refractivity contribution is 0.151. The lowest BCUT2D eigenvalue weighted by Gasteiger charge is -2.36. The fourth-order valence-corrected chi connectivity index (χ4v) is 3.21. The van der Waals surface area contributed by atoms with Crippen LogP contribution in [0.4, 0.5) is 0 Å². The van der Waals surface area contributed by atoms with Crippen molar-refractivity contribution in [2.45, 2.75) is 32.5 Å². The molecule has 0 radical (unpaired) electrons. The van der Waals surface area contributed by atoms with Crippen molar-refractivity contribution in [1.82, 2.24) is 20.0 Å². The van der Waals surface area contributed by atoms with Crippen molar-refractivity contribution in [2.24, 2.45) is 0 Å². The average Bonchev–Trinajstić information content (AvgIpc) is 2.97. The molecule has 1 aliphatic rings.